The first-order valence-electron chi connectivity index (χ1n) is 4.54. The van der Waals surface area contributed by atoms with Gasteiger partial charge in [-0.3, -0.25) is 9.59 Å². The summed E-state index contributed by atoms with van der Waals surface area (Å²) in [6, 6.07) is 0. The average Bonchev–Trinajstić information content (AvgIpc) is 2.67. The first-order chi connectivity index (χ1) is 7.18. The van der Waals surface area contributed by atoms with Crippen LogP contribution in [0.3, 0.4) is 0 Å². The van der Waals surface area contributed by atoms with Gasteiger partial charge in [-0.1, -0.05) is 0 Å². The molecular formula is C9H12N2O3S. The number of carboxylic acids is 1. The summed E-state index contributed by atoms with van der Waals surface area (Å²) in [5, 5.41) is 12.9. The second-order valence-electron chi connectivity index (χ2n) is 2.97. The molecule has 1 aromatic rings. The van der Waals surface area contributed by atoms with Crippen LogP contribution in [-0.4, -0.2) is 28.5 Å². The Morgan fingerprint density at radius 3 is 2.87 bits per heavy atom. The third kappa shape index (κ3) is 5.11. The molecule has 0 saturated carbocycles. The lowest BCUT2D eigenvalue weighted by Gasteiger charge is -2.01. The van der Waals surface area contributed by atoms with E-state index in [9.17, 15) is 9.59 Å². The second-order valence-corrected chi connectivity index (χ2v) is 3.69. The number of aromatic nitrogens is 1. The molecule has 0 radical (unpaired) electrons. The van der Waals surface area contributed by atoms with Crippen LogP contribution in [0, 0.1) is 0 Å². The summed E-state index contributed by atoms with van der Waals surface area (Å²) in [6.07, 6.45) is 0.594. The van der Waals surface area contributed by atoms with Crippen molar-refractivity contribution in [2.45, 2.75) is 19.3 Å². The van der Waals surface area contributed by atoms with Crippen LogP contribution in [0.1, 0.15) is 18.5 Å². The molecule has 1 heterocycles. The molecule has 15 heavy (non-hydrogen) atoms. The molecule has 82 valence electrons. The number of amides is 1. The highest BCUT2D eigenvalue weighted by Gasteiger charge is 2.04. The van der Waals surface area contributed by atoms with Crippen LogP contribution in [0.2, 0.25) is 0 Å². The Morgan fingerprint density at radius 2 is 2.27 bits per heavy atom. The van der Waals surface area contributed by atoms with E-state index < -0.39 is 5.97 Å². The quantitative estimate of drug-likeness (QED) is 0.750. The highest BCUT2D eigenvalue weighted by Crippen LogP contribution is 2.00. The minimum absolute atomic E-state index is 0.0341. The number of nitrogens with zero attached hydrogens (tertiary/aromatic N) is 1. The van der Waals surface area contributed by atoms with Gasteiger partial charge in [0.25, 0.3) is 0 Å². The molecule has 1 aromatic heterocycles. The fourth-order valence-corrected chi connectivity index (χ4v) is 1.59. The highest BCUT2D eigenvalue weighted by atomic mass is 32.1. The van der Waals surface area contributed by atoms with E-state index in [1.54, 1.807) is 5.51 Å². The lowest BCUT2D eigenvalue weighted by atomic mass is 10.3. The first kappa shape index (κ1) is 11.6. The molecule has 2 N–H and O–H groups in total. The van der Waals surface area contributed by atoms with Crippen molar-refractivity contribution in [3.63, 3.8) is 0 Å². The van der Waals surface area contributed by atoms with E-state index in [0.717, 1.165) is 5.69 Å². The Morgan fingerprint density at radius 1 is 1.47 bits per heavy atom. The molecule has 0 saturated heterocycles. The minimum Gasteiger partial charge on any atom is -0.481 e. The predicted molar refractivity (Wildman–Crippen MR) is 55.7 cm³/mol. The van der Waals surface area contributed by atoms with Gasteiger partial charge in [0.05, 0.1) is 17.6 Å². The van der Waals surface area contributed by atoms with Gasteiger partial charge < -0.3 is 10.4 Å². The van der Waals surface area contributed by atoms with Gasteiger partial charge in [0.1, 0.15) is 0 Å². The molecule has 0 spiro atoms. The molecule has 5 nitrogen and oxygen atoms in total. The molecule has 0 atom stereocenters. The van der Waals surface area contributed by atoms with Crippen molar-refractivity contribution in [1.82, 2.24) is 10.3 Å². The number of hydrogen-bond acceptors (Lipinski definition) is 4. The van der Waals surface area contributed by atoms with Crippen LogP contribution < -0.4 is 5.32 Å². The van der Waals surface area contributed by atoms with E-state index in [0.29, 0.717) is 13.0 Å². The monoisotopic (exact) mass is 228 g/mol. The van der Waals surface area contributed by atoms with Crippen molar-refractivity contribution in [2.24, 2.45) is 0 Å². The van der Waals surface area contributed by atoms with Crippen molar-refractivity contribution in [1.29, 1.82) is 0 Å². The predicted octanol–water partition coefficient (Wildman–Crippen LogP) is 0.667. The van der Waals surface area contributed by atoms with E-state index in [4.69, 9.17) is 5.11 Å². The summed E-state index contributed by atoms with van der Waals surface area (Å²) in [4.78, 5) is 25.3. The van der Waals surface area contributed by atoms with Crippen LogP contribution in [0.15, 0.2) is 10.9 Å². The third-order valence-corrected chi connectivity index (χ3v) is 2.39. The number of carbonyl (C=O) groups excluding carboxylic acids is 1. The Bertz CT molecular complexity index is 324. The third-order valence-electron chi connectivity index (χ3n) is 1.75. The Balaban J connectivity index is 2.09. The molecule has 0 unspecified atom stereocenters. The maximum atomic E-state index is 11.1. The Kier molecular flexibility index (Phi) is 4.76. The average molecular weight is 228 g/mol. The lowest BCUT2D eigenvalue weighted by molar-refractivity contribution is -0.138. The number of thiazole rings is 1. The van der Waals surface area contributed by atoms with E-state index >= 15 is 0 Å². The van der Waals surface area contributed by atoms with E-state index in [1.165, 1.54) is 11.3 Å². The van der Waals surface area contributed by atoms with Gasteiger partial charge in [-0.05, 0) is 0 Å². The number of aliphatic carboxylic acids is 1. The summed E-state index contributed by atoms with van der Waals surface area (Å²) in [5.74, 6) is -1.18. The van der Waals surface area contributed by atoms with Crippen LogP contribution >= 0.6 is 11.3 Å². The van der Waals surface area contributed by atoms with Crippen LogP contribution in [-0.2, 0) is 16.0 Å². The standard InChI is InChI=1S/C9H12N2O3S/c12-8(1-2-9(13)14)10-4-3-7-5-15-6-11-7/h5-6H,1-4H2,(H,10,12)(H,13,14). The number of hydrogen-bond donors (Lipinski definition) is 2. The fourth-order valence-electron chi connectivity index (χ4n) is 1.000. The van der Waals surface area contributed by atoms with Crippen LogP contribution in [0.25, 0.3) is 0 Å². The molecule has 0 fully saturated rings. The molecule has 6 heteroatoms. The van der Waals surface area contributed by atoms with Gasteiger partial charge in [-0.25, -0.2) is 4.98 Å². The van der Waals surface area contributed by atoms with Crippen LogP contribution in [0.4, 0.5) is 0 Å². The molecule has 0 bridgehead atoms. The second kappa shape index (κ2) is 6.13. The largest absolute Gasteiger partial charge is 0.481 e. The molecule has 0 aliphatic heterocycles. The number of carbonyl (C=O) groups is 2. The summed E-state index contributed by atoms with van der Waals surface area (Å²) in [7, 11) is 0. The number of rotatable bonds is 6. The number of carboxylic acid groups (broad SMARTS) is 1. The first-order valence-corrected chi connectivity index (χ1v) is 5.48. The molecule has 1 amide bonds. The molecule has 1 rings (SSSR count). The summed E-state index contributed by atoms with van der Waals surface area (Å²) in [6.45, 7) is 0.502. The van der Waals surface area contributed by atoms with Gasteiger partial charge in [0, 0.05) is 24.8 Å². The zero-order valence-corrected chi connectivity index (χ0v) is 8.92. The summed E-state index contributed by atoms with van der Waals surface area (Å²) in [5.41, 5.74) is 2.68. The van der Waals surface area contributed by atoms with Gasteiger partial charge in [-0.15, -0.1) is 11.3 Å². The SMILES string of the molecule is O=C(O)CCC(=O)NCCc1cscn1. The molecule has 0 aliphatic carbocycles. The van der Waals surface area contributed by atoms with E-state index in [2.05, 4.69) is 10.3 Å². The fraction of sp³-hybridized carbons (Fsp3) is 0.444. The Hall–Kier alpha value is -1.43. The van der Waals surface area contributed by atoms with E-state index in [1.807, 2.05) is 5.38 Å². The summed E-state index contributed by atoms with van der Waals surface area (Å²) >= 11 is 1.51. The van der Waals surface area contributed by atoms with Crippen molar-refractivity contribution < 1.29 is 14.7 Å². The van der Waals surface area contributed by atoms with Gasteiger partial charge in [0.15, 0.2) is 0 Å². The van der Waals surface area contributed by atoms with Crippen molar-refractivity contribution in [2.75, 3.05) is 6.54 Å². The maximum Gasteiger partial charge on any atom is 0.303 e. The minimum atomic E-state index is -0.954. The van der Waals surface area contributed by atoms with Crippen molar-refractivity contribution in [3.05, 3.63) is 16.6 Å². The lowest BCUT2D eigenvalue weighted by Crippen LogP contribution is -2.26. The maximum absolute atomic E-state index is 11.1. The normalized spacial score (nSPS) is 9.87. The van der Waals surface area contributed by atoms with Crippen molar-refractivity contribution >= 4 is 23.2 Å². The summed E-state index contributed by atoms with van der Waals surface area (Å²) < 4.78 is 0. The zero-order chi connectivity index (χ0) is 11.1. The highest BCUT2D eigenvalue weighted by molar-refractivity contribution is 7.07. The molecular weight excluding hydrogens is 216 g/mol. The zero-order valence-electron chi connectivity index (χ0n) is 8.10. The smallest absolute Gasteiger partial charge is 0.303 e. The van der Waals surface area contributed by atoms with Gasteiger partial charge in [0.2, 0.25) is 5.91 Å². The Labute approximate surface area is 91.1 Å². The topological polar surface area (TPSA) is 79.3 Å². The van der Waals surface area contributed by atoms with E-state index in [-0.39, 0.29) is 18.7 Å². The van der Waals surface area contributed by atoms with Crippen LogP contribution in [0.5, 0.6) is 0 Å². The van der Waals surface area contributed by atoms with Crippen molar-refractivity contribution in [3.8, 4) is 0 Å². The number of nitrogens with one attached hydrogen (secondary N) is 1. The molecule has 0 aromatic carbocycles. The van der Waals surface area contributed by atoms with Gasteiger partial charge in [-0.2, -0.15) is 0 Å². The molecule has 0 aliphatic rings. The van der Waals surface area contributed by atoms with Gasteiger partial charge >= 0.3 is 5.97 Å².